The Balaban J connectivity index is -0.0000000431. The molecule has 0 amide bonds. The average Bonchev–Trinajstić information content (AvgIpc) is 1.89. The number of hydrogen-bond donors (Lipinski definition) is 0. The van der Waals surface area contributed by atoms with Gasteiger partial charge in [0.1, 0.15) is 0 Å². The zero-order valence-corrected chi connectivity index (χ0v) is 17.8. The zero-order chi connectivity index (χ0) is 11.9. The zero-order valence-electron chi connectivity index (χ0n) is 5.41. The van der Waals surface area contributed by atoms with Gasteiger partial charge in [0, 0.05) is 0 Å². The first kappa shape index (κ1) is 27.3. The maximum atomic E-state index is 3.78. The monoisotopic (exact) mass is 507 g/mol. The molecule has 0 aromatic rings. The third-order valence-electron chi connectivity index (χ3n) is 0. The summed E-state index contributed by atoms with van der Waals surface area (Å²) >= 11 is 3.65. The third-order valence-corrected chi connectivity index (χ3v) is 0. The maximum absolute atomic E-state index is 3.78. The summed E-state index contributed by atoms with van der Waals surface area (Å²) in [4.78, 5) is 0. The molecule has 0 bridgehead atoms. The first-order valence-corrected chi connectivity index (χ1v) is 17.0. The molecule has 0 aromatic carbocycles. The van der Waals surface area contributed by atoms with E-state index in [9.17, 15) is 0 Å². The molecule has 0 aliphatic carbocycles. The molecule has 0 fully saturated rings. The van der Waals surface area contributed by atoms with E-state index < -0.39 is 20.8 Å². The van der Waals surface area contributed by atoms with Gasteiger partial charge in [-0.25, -0.2) is 0 Å². The van der Waals surface area contributed by atoms with Crippen molar-refractivity contribution >= 4 is 65.8 Å². The van der Waals surface area contributed by atoms with Crippen LogP contribution in [0.2, 0.25) is 0 Å². The van der Waals surface area contributed by atoms with E-state index in [0.29, 0.717) is 0 Å². The van der Waals surface area contributed by atoms with Gasteiger partial charge in [0.25, 0.3) is 0 Å². The van der Waals surface area contributed by atoms with E-state index in [1.807, 2.05) is 0 Å². The molecule has 0 unspecified atom stereocenters. The van der Waals surface area contributed by atoms with Crippen LogP contribution in [0.3, 0.4) is 0 Å². The molecule has 0 heterocycles. The molecule has 0 radical (unpaired) electrons. The van der Waals surface area contributed by atoms with Gasteiger partial charge in [0.15, 0.2) is 0 Å². The second-order valence-corrected chi connectivity index (χ2v) is 17.6. The molecule has 0 atom stereocenters. The van der Waals surface area contributed by atoms with E-state index in [0.717, 1.165) is 12.2 Å². The van der Waals surface area contributed by atoms with Crippen LogP contribution in [0.25, 0.3) is 0 Å². The molecule has 79 valence electrons. The predicted molar refractivity (Wildman–Crippen MR) is 62.3 cm³/mol. The van der Waals surface area contributed by atoms with Crippen LogP contribution >= 0.6 is 65.8 Å². The van der Waals surface area contributed by atoms with Gasteiger partial charge in [0.2, 0.25) is 0 Å². The van der Waals surface area contributed by atoms with Gasteiger partial charge in [-0.3, -0.25) is 0 Å². The van der Waals surface area contributed by atoms with Crippen LogP contribution < -0.4 is 0 Å². The fourth-order valence-corrected chi connectivity index (χ4v) is 0. The Bertz CT molecular complexity index is 753. The van der Waals surface area contributed by atoms with Gasteiger partial charge in [-0.05, 0) is 0 Å². The fraction of sp³-hybridized carbons (Fsp3) is 0. The van der Waals surface area contributed by atoms with Gasteiger partial charge in [-0.2, -0.15) is 0 Å². The molecule has 13 heavy (non-hydrogen) atoms. The van der Waals surface area contributed by atoms with Crippen LogP contribution in [0.4, 0.5) is 0 Å². The van der Waals surface area contributed by atoms with E-state index in [2.05, 4.69) is 80.7 Å². The summed E-state index contributed by atoms with van der Waals surface area (Å²) in [7, 11) is 31.9. The second-order valence-electron chi connectivity index (χ2n) is 0.475. The molecule has 0 saturated heterocycles. The van der Waals surface area contributed by atoms with Crippen molar-refractivity contribution in [3.63, 3.8) is 0 Å². The van der Waals surface area contributed by atoms with Gasteiger partial charge in [0.05, 0.1) is 0 Å². The summed E-state index contributed by atoms with van der Waals surface area (Å²) < 4.78 is 0. The van der Waals surface area contributed by atoms with Crippen molar-refractivity contribution in [2.24, 2.45) is 0 Å². The van der Waals surface area contributed by atoms with Crippen LogP contribution in [0, 0.1) is 0 Å². The van der Waals surface area contributed by atoms with Crippen LogP contribution in [-0.4, -0.2) is 0 Å². The standard InChI is InChI=1S/Co.Fe.Mn.Ni.9P. The summed E-state index contributed by atoms with van der Waals surface area (Å²) in [6.07, 6.45) is 0. The minimum absolute atomic E-state index is 0.521. The van der Waals surface area contributed by atoms with E-state index >= 15 is 0 Å². The first-order valence-electron chi connectivity index (χ1n) is 1.37. The first-order chi connectivity index (χ1) is 5.88. The SMILES string of the molecule is [P]#[Co](#[P])#[P].[P]#[Fe](#[P])#[P].[P]#[Mn].[P]#[Ni]#[P]. The molecule has 0 rings (SSSR count). The fourth-order valence-electron chi connectivity index (χ4n) is 0. The molecule has 0 saturated carbocycles. The van der Waals surface area contributed by atoms with Crippen molar-refractivity contribution in [3.05, 3.63) is 0 Å². The van der Waals surface area contributed by atoms with Crippen molar-refractivity contribution in [1.82, 2.24) is 0 Å². The normalized spacial score (nSPS) is 4.54. The van der Waals surface area contributed by atoms with E-state index in [-0.39, 0.29) is 0 Å². The van der Waals surface area contributed by atoms with Crippen molar-refractivity contribution in [2.45, 2.75) is 0 Å². The van der Waals surface area contributed by atoms with Crippen LogP contribution in [0.15, 0.2) is 0 Å². The van der Waals surface area contributed by atoms with Gasteiger partial charge in [-0.15, -0.1) is 0 Å². The Hall–Kier alpha value is 5.91. The van der Waals surface area contributed by atoms with Crippen LogP contribution in [-0.2, 0) is 47.9 Å². The van der Waals surface area contributed by atoms with Crippen LogP contribution in [0.1, 0.15) is 0 Å². The molecular weight excluding hydrogens is 507 g/mol. The molecule has 0 N–H and O–H groups in total. The Labute approximate surface area is 112 Å². The number of rotatable bonds is 0. The predicted octanol–water partition coefficient (Wildman–Crippen LogP) is 7.74. The molecular formula is CoFeMnNiP9. The second kappa shape index (κ2) is 30.7. The van der Waals surface area contributed by atoms with E-state index in [1.165, 1.54) is 0 Å². The van der Waals surface area contributed by atoms with Crippen molar-refractivity contribution in [2.75, 3.05) is 0 Å². The van der Waals surface area contributed by atoms with Crippen molar-refractivity contribution in [1.29, 1.82) is 0 Å². The van der Waals surface area contributed by atoms with Crippen molar-refractivity contribution < 1.29 is 47.9 Å². The van der Waals surface area contributed by atoms with Crippen molar-refractivity contribution in [3.8, 4) is 0 Å². The van der Waals surface area contributed by atoms with Gasteiger partial charge >= 0.3 is 114 Å². The summed E-state index contributed by atoms with van der Waals surface area (Å²) in [6.45, 7) is 0. The Morgan fingerprint density at radius 3 is 0.923 bits per heavy atom. The topological polar surface area (TPSA) is 0 Å². The Morgan fingerprint density at radius 1 is 0.923 bits per heavy atom. The molecule has 0 spiro atoms. The molecule has 0 aliphatic heterocycles. The summed E-state index contributed by atoms with van der Waals surface area (Å²) in [5, 5.41) is 0. The average molecular weight is 507 g/mol. The quantitative estimate of drug-likeness (QED) is 0.233. The Kier molecular flexibility index (Phi) is 64.5. The van der Waals surface area contributed by atoms with E-state index in [4.69, 9.17) is 0 Å². The van der Waals surface area contributed by atoms with Gasteiger partial charge < -0.3 is 0 Å². The van der Waals surface area contributed by atoms with E-state index in [1.54, 1.807) is 0 Å². The molecule has 0 nitrogen and oxygen atoms in total. The van der Waals surface area contributed by atoms with Crippen LogP contribution in [0.5, 0.6) is 0 Å². The number of hydrogen-bond acceptors (Lipinski definition) is 0. The van der Waals surface area contributed by atoms with Gasteiger partial charge in [-0.1, -0.05) is 0 Å². The summed E-state index contributed by atoms with van der Waals surface area (Å²) in [5.74, 6) is 0. The molecule has 13 heteroatoms. The Morgan fingerprint density at radius 2 is 0.923 bits per heavy atom. The summed E-state index contributed by atoms with van der Waals surface area (Å²) in [6, 6.07) is 0. The molecule has 0 aliphatic rings. The summed E-state index contributed by atoms with van der Waals surface area (Å²) in [5.41, 5.74) is 0. The minimum atomic E-state index is -0.667. The third kappa shape index (κ3) is 130. The molecule has 0 aromatic heterocycles.